The molecule has 21 heavy (non-hydrogen) atoms. The molecule has 0 radical (unpaired) electrons. The van der Waals surface area contributed by atoms with Crippen molar-refractivity contribution >= 4 is 17.5 Å². The van der Waals surface area contributed by atoms with Gasteiger partial charge in [-0.2, -0.15) is 0 Å². The van der Waals surface area contributed by atoms with Crippen molar-refractivity contribution in [2.75, 3.05) is 13.2 Å². The highest BCUT2D eigenvalue weighted by Crippen LogP contribution is 2.28. The number of hydrogen-bond acceptors (Lipinski definition) is 4. The molecule has 2 rings (SSSR count). The largest absolute Gasteiger partial charge is 0.484 e. The van der Waals surface area contributed by atoms with Crippen LogP contribution in [0.5, 0.6) is 5.75 Å². The van der Waals surface area contributed by atoms with Crippen molar-refractivity contribution in [2.45, 2.75) is 13.5 Å². The molecule has 1 amide bonds. The zero-order valence-corrected chi connectivity index (χ0v) is 12.3. The Morgan fingerprint density at radius 2 is 2.19 bits per heavy atom. The molecule has 112 valence electrons. The first-order chi connectivity index (χ1) is 10.1. The number of carbonyl (C=O) groups excluding carboxylic acids is 1. The van der Waals surface area contributed by atoms with E-state index in [1.807, 2.05) is 19.1 Å². The number of rotatable bonds is 6. The van der Waals surface area contributed by atoms with Crippen LogP contribution in [0.3, 0.4) is 0 Å². The predicted molar refractivity (Wildman–Crippen MR) is 78.6 cm³/mol. The number of aryl methyl sites for hydroxylation is 1. The topological polar surface area (TPSA) is 71.7 Å². The number of halogens is 1. The van der Waals surface area contributed by atoms with Crippen LogP contribution in [0.25, 0.3) is 0 Å². The van der Waals surface area contributed by atoms with E-state index in [-0.39, 0.29) is 31.4 Å². The molecule has 0 aliphatic rings. The summed E-state index contributed by atoms with van der Waals surface area (Å²) in [6, 6.07) is 8.73. The smallest absolute Gasteiger partial charge is 0.287 e. The van der Waals surface area contributed by atoms with E-state index in [1.54, 1.807) is 18.2 Å². The van der Waals surface area contributed by atoms with Gasteiger partial charge in [-0.15, -0.1) is 0 Å². The minimum Gasteiger partial charge on any atom is -0.484 e. The van der Waals surface area contributed by atoms with Gasteiger partial charge in [-0.1, -0.05) is 23.7 Å². The Hall–Kier alpha value is -1.98. The first-order valence-corrected chi connectivity index (χ1v) is 6.85. The molecular formula is C15H16ClNO4. The third-order valence-corrected chi connectivity index (χ3v) is 3.10. The Morgan fingerprint density at radius 1 is 1.38 bits per heavy atom. The van der Waals surface area contributed by atoms with E-state index in [9.17, 15) is 4.79 Å². The summed E-state index contributed by atoms with van der Waals surface area (Å²) in [6.07, 6.45) is 0. The lowest BCUT2D eigenvalue weighted by molar-refractivity contribution is 0.0913. The number of nitrogens with one attached hydrogen (secondary N) is 1. The number of aliphatic hydroxyl groups excluding tert-OH is 1. The lowest BCUT2D eigenvalue weighted by Gasteiger charge is -2.09. The van der Waals surface area contributed by atoms with Crippen LogP contribution < -0.4 is 10.1 Å². The number of benzene rings is 1. The molecule has 0 aliphatic heterocycles. The van der Waals surface area contributed by atoms with Gasteiger partial charge in [-0.05, 0) is 30.7 Å². The summed E-state index contributed by atoms with van der Waals surface area (Å²) in [5.74, 6) is 0.924. The van der Waals surface area contributed by atoms with E-state index in [2.05, 4.69) is 5.32 Å². The fourth-order valence-corrected chi connectivity index (χ4v) is 2.05. The van der Waals surface area contributed by atoms with Gasteiger partial charge in [0.1, 0.15) is 18.1 Å². The van der Waals surface area contributed by atoms with Gasteiger partial charge in [0, 0.05) is 6.54 Å². The summed E-state index contributed by atoms with van der Waals surface area (Å²) in [6.45, 7) is 2.15. The van der Waals surface area contributed by atoms with Crippen LogP contribution in [0.2, 0.25) is 5.02 Å². The Kier molecular flexibility index (Phi) is 5.25. The van der Waals surface area contributed by atoms with Gasteiger partial charge in [0.2, 0.25) is 0 Å². The van der Waals surface area contributed by atoms with Gasteiger partial charge in [0.05, 0.1) is 11.6 Å². The number of carbonyl (C=O) groups is 1. The van der Waals surface area contributed by atoms with Crippen LogP contribution in [-0.4, -0.2) is 24.2 Å². The molecule has 0 saturated carbocycles. The molecule has 2 N–H and O–H groups in total. The van der Waals surface area contributed by atoms with Crippen LogP contribution in [0, 0.1) is 6.92 Å². The van der Waals surface area contributed by atoms with E-state index in [0.29, 0.717) is 16.5 Å². The molecule has 5 nitrogen and oxygen atoms in total. The lowest BCUT2D eigenvalue weighted by Crippen LogP contribution is -2.25. The van der Waals surface area contributed by atoms with Crippen molar-refractivity contribution in [1.82, 2.24) is 5.32 Å². The van der Waals surface area contributed by atoms with Gasteiger partial charge in [-0.25, -0.2) is 0 Å². The summed E-state index contributed by atoms with van der Waals surface area (Å²) in [7, 11) is 0. The van der Waals surface area contributed by atoms with E-state index < -0.39 is 0 Å². The zero-order chi connectivity index (χ0) is 15.2. The van der Waals surface area contributed by atoms with Gasteiger partial charge >= 0.3 is 0 Å². The third-order valence-electron chi connectivity index (χ3n) is 2.81. The second kappa shape index (κ2) is 7.15. The predicted octanol–water partition coefficient (Wildman–Crippen LogP) is 2.54. The number of furan rings is 1. The Morgan fingerprint density at radius 3 is 2.90 bits per heavy atom. The number of para-hydroxylation sites is 1. The molecule has 0 aliphatic carbocycles. The highest BCUT2D eigenvalue weighted by Gasteiger charge is 2.12. The summed E-state index contributed by atoms with van der Waals surface area (Å²) < 4.78 is 11.0. The van der Waals surface area contributed by atoms with Crippen molar-refractivity contribution < 1.29 is 19.1 Å². The summed E-state index contributed by atoms with van der Waals surface area (Å²) in [5.41, 5.74) is 0.926. The molecule has 0 fully saturated rings. The number of ether oxygens (including phenoxy) is 1. The van der Waals surface area contributed by atoms with Crippen molar-refractivity contribution in [3.63, 3.8) is 0 Å². The molecule has 0 unspecified atom stereocenters. The van der Waals surface area contributed by atoms with Crippen molar-refractivity contribution in [1.29, 1.82) is 0 Å². The summed E-state index contributed by atoms with van der Waals surface area (Å²) in [5, 5.41) is 11.7. The highest BCUT2D eigenvalue weighted by atomic mass is 35.5. The van der Waals surface area contributed by atoms with Gasteiger partial charge in [0.15, 0.2) is 5.76 Å². The third kappa shape index (κ3) is 4.00. The van der Waals surface area contributed by atoms with Gasteiger partial charge in [0.25, 0.3) is 5.91 Å². The SMILES string of the molecule is Cc1cccc(Cl)c1OCc1ccc(C(=O)NCCO)o1. The monoisotopic (exact) mass is 309 g/mol. The maximum Gasteiger partial charge on any atom is 0.287 e. The fraction of sp³-hybridized carbons (Fsp3) is 0.267. The van der Waals surface area contributed by atoms with Crippen LogP contribution in [0.1, 0.15) is 21.9 Å². The first kappa shape index (κ1) is 15.4. The maximum absolute atomic E-state index is 11.6. The quantitative estimate of drug-likeness (QED) is 0.860. The second-order valence-corrected chi connectivity index (χ2v) is 4.83. The normalized spacial score (nSPS) is 10.4. The van der Waals surface area contributed by atoms with Crippen molar-refractivity contribution in [3.05, 3.63) is 52.4 Å². The average Bonchev–Trinajstić information content (AvgIpc) is 2.93. The van der Waals surface area contributed by atoms with Crippen LogP contribution in [0.15, 0.2) is 34.7 Å². The minimum atomic E-state index is -0.371. The molecule has 6 heteroatoms. The van der Waals surface area contributed by atoms with E-state index in [0.717, 1.165) is 5.56 Å². The lowest BCUT2D eigenvalue weighted by atomic mass is 10.2. The Balaban J connectivity index is 1.98. The number of hydrogen-bond donors (Lipinski definition) is 2. The molecule has 2 aromatic rings. The zero-order valence-electron chi connectivity index (χ0n) is 11.6. The Bertz CT molecular complexity index is 604. The van der Waals surface area contributed by atoms with Crippen molar-refractivity contribution in [2.24, 2.45) is 0 Å². The molecule has 0 atom stereocenters. The number of amides is 1. The number of aliphatic hydroxyl groups is 1. The molecular weight excluding hydrogens is 294 g/mol. The van der Waals surface area contributed by atoms with Crippen LogP contribution in [-0.2, 0) is 6.61 Å². The maximum atomic E-state index is 11.6. The standard InChI is InChI=1S/C15H16ClNO4/c1-10-3-2-4-12(16)14(10)20-9-11-5-6-13(21-11)15(19)17-7-8-18/h2-6,18H,7-9H2,1H3,(H,17,19). The molecule has 0 saturated heterocycles. The van der Waals surface area contributed by atoms with E-state index >= 15 is 0 Å². The van der Waals surface area contributed by atoms with Crippen LogP contribution >= 0.6 is 11.6 Å². The van der Waals surface area contributed by atoms with Crippen LogP contribution in [0.4, 0.5) is 0 Å². The minimum absolute atomic E-state index is 0.117. The summed E-state index contributed by atoms with van der Waals surface area (Å²) >= 11 is 6.07. The molecule has 1 aromatic heterocycles. The Labute approximate surface area is 127 Å². The molecule has 1 heterocycles. The van der Waals surface area contributed by atoms with E-state index in [4.69, 9.17) is 25.9 Å². The summed E-state index contributed by atoms with van der Waals surface area (Å²) in [4.78, 5) is 11.6. The molecule has 1 aromatic carbocycles. The van der Waals surface area contributed by atoms with Gasteiger partial charge < -0.3 is 19.6 Å². The molecule has 0 spiro atoms. The fourth-order valence-electron chi connectivity index (χ4n) is 1.78. The van der Waals surface area contributed by atoms with E-state index in [1.165, 1.54) is 0 Å². The first-order valence-electron chi connectivity index (χ1n) is 6.47. The second-order valence-electron chi connectivity index (χ2n) is 4.42. The highest BCUT2D eigenvalue weighted by molar-refractivity contribution is 6.32. The van der Waals surface area contributed by atoms with Gasteiger partial charge in [-0.3, -0.25) is 4.79 Å². The average molecular weight is 310 g/mol. The molecule has 0 bridgehead atoms. The van der Waals surface area contributed by atoms with Crippen molar-refractivity contribution in [3.8, 4) is 5.75 Å².